The number of ether oxygens (including phenoxy) is 1. The minimum absolute atomic E-state index is 0.0202. The van der Waals surface area contributed by atoms with Gasteiger partial charge in [-0.1, -0.05) is 27.4 Å². The first kappa shape index (κ1) is 15.7. The highest BCUT2D eigenvalue weighted by Gasteiger charge is 2.31. The zero-order valence-corrected chi connectivity index (χ0v) is 12.4. The second-order valence-corrected chi connectivity index (χ2v) is 6.00. The number of amides is 1. The summed E-state index contributed by atoms with van der Waals surface area (Å²) in [4.78, 5) is 22.7. The number of hydrogen-bond donors (Lipinski definition) is 1. The highest BCUT2D eigenvalue weighted by atomic mass is 16.5. The van der Waals surface area contributed by atoms with Crippen molar-refractivity contribution in [3.63, 3.8) is 0 Å². The number of nitrogens with one attached hydrogen (secondary N) is 1. The number of esters is 1. The smallest absolute Gasteiger partial charge is 0.354 e. The van der Waals surface area contributed by atoms with Crippen molar-refractivity contribution < 1.29 is 14.3 Å². The number of rotatable bonds is 4. The molecule has 0 unspecified atom stereocenters. The topological polar surface area (TPSA) is 55.4 Å². The van der Waals surface area contributed by atoms with Gasteiger partial charge < -0.3 is 10.1 Å². The van der Waals surface area contributed by atoms with Gasteiger partial charge in [0.25, 0.3) is 0 Å². The van der Waals surface area contributed by atoms with Crippen LogP contribution < -0.4 is 5.32 Å². The van der Waals surface area contributed by atoms with Crippen molar-refractivity contribution >= 4 is 11.9 Å². The van der Waals surface area contributed by atoms with E-state index in [4.69, 9.17) is 4.74 Å². The summed E-state index contributed by atoms with van der Waals surface area (Å²) in [5.74, 6) is 0.932. The van der Waals surface area contributed by atoms with Gasteiger partial charge >= 0.3 is 5.97 Å². The second-order valence-electron chi connectivity index (χ2n) is 6.00. The van der Waals surface area contributed by atoms with E-state index in [1.165, 1.54) is 13.3 Å². The van der Waals surface area contributed by atoms with Gasteiger partial charge in [0, 0.05) is 6.92 Å². The first-order chi connectivity index (χ1) is 8.79. The van der Waals surface area contributed by atoms with Crippen molar-refractivity contribution in [2.45, 2.75) is 53.1 Å². The predicted octanol–water partition coefficient (Wildman–Crippen LogP) is 2.64. The SMILES string of the molecule is C=C(NC(C)=O)C(=O)O[C@H]1C[C@@H](C)C[C@H](C(C)C)C1. The monoisotopic (exact) mass is 267 g/mol. The summed E-state index contributed by atoms with van der Waals surface area (Å²) in [6.07, 6.45) is 2.93. The third-order valence-electron chi connectivity index (χ3n) is 3.73. The van der Waals surface area contributed by atoms with E-state index in [0.29, 0.717) is 17.8 Å². The number of carbonyl (C=O) groups excluding carboxylic acids is 2. The molecule has 1 aliphatic rings. The van der Waals surface area contributed by atoms with Crippen LogP contribution in [0.15, 0.2) is 12.3 Å². The van der Waals surface area contributed by atoms with E-state index in [0.717, 1.165) is 12.8 Å². The molecule has 0 spiro atoms. The molecular weight excluding hydrogens is 242 g/mol. The van der Waals surface area contributed by atoms with Gasteiger partial charge in [-0.3, -0.25) is 4.79 Å². The Bertz CT molecular complexity index is 362. The Balaban J connectivity index is 2.53. The van der Waals surface area contributed by atoms with Gasteiger partial charge in [-0.05, 0) is 37.0 Å². The lowest BCUT2D eigenvalue weighted by Crippen LogP contribution is -2.34. The maximum absolute atomic E-state index is 11.8. The molecule has 1 aliphatic carbocycles. The summed E-state index contributed by atoms with van der Waals surface area (Å²) >= 11 is 0. The molecule has 1 saturated carbocycles. The fraction of sp³-hybridized carbons (Fsp3) is 0.733. The molecule has 3 atom stereocenters. The van der Waals surface area contributed by atoms with Crippen LogP contribution in [-0.2, 0) is 14.3 Å². The molecule has 1 amide bonds. The fourth-order valence-corrected chi connectivity index (χ4v) is 2.72. The van der Waals surface area contributed by atoms with Crippen molar-refractivity contribution in [1.82, 2.24) is 5.32 Å². The molecule has 4 nitrogen and oxygen atoms in total. The van der Waals surface area contributed by atoms with Crippen LogP contribution in [0.4, 0.5) is 0 Å². The zero-order valence-electron chi connectivity index (χ0n) is 12.4. The van der Waals surface area contributed by atoms with Gasteiger partial charge in [0.05, 0.1) is 0 Å². The fourth-order valence-electron chi connectivity index (χ4n) is 2.72. The summed E-state index contributed by atoms with van der Waals surface area (Å²) in [5.41, 5.74) is 0.0202. The Morgan fingerprint density at radius 2 is 1.89 bits per heavy atom. The Morgan fingerprint density at radius 3 is 2.42 bits per heavy atom. The van der Waals surface area contributed by atoms with Crippen LogP contribution >= 0.6 is 0 Å². The summed E-state index contributed by atoms with van der Waals surface area (Å²) in [5, 5.41) is 2.37. The lowest BCUT2D eigenvalue weighted by Gasteiger charge is -2.35. The van der Waals surface area contributed by atoms with Crippen molar-refractivity contribution in [2.24, 2.45) is 17.8 Å². The van der Waals surface area contributed by atoms with E-state index >= 15 is 0 Å². The lowest BCUT2D eigenvalue weighted by atomic mass is 9.75. The molecular formula is C15H25NO3. The Morgan fingerprint density at radius 1 is 1.26 bits per heavy atom. The van der Waals surface area contributed by atoms with Crippen LogP contribution in [0.2, 0.25) is 0 Å². The van der Waals surface area contributed by atoms with Gasteiger partial charge in [-0.25, -0.2) is 4.79 Å². The van der Waals surface area contributed by atoms with Gasteiger partial charge in [-0.2, -0.15) is 0 Å². The van der Waals surface area contributed by atoms with E-state index in [2.05, 4.69) is 32.7 Å². The van der Waals surface area contributed by atoms with Crippen molar-refractivity contribution in [1.29, 1.82) is 0 Å². The lowest BCUT2D eigenvalue weighted by molar-refractivity contribution is -0.148. The molecule has 0 radical (unpaired) electrons. The highest BCUT2D eigenvalue weighted by Crippen LogP contribution is 2.35. The summed E-state index contributed by atoms with van der Waals surface area (Å²) in [6.45, 7) is 11.5. The Labute approximate surface area is 115 Å². The Hall–Kier alpha value is -1.32. The molecule has 4 heteroatoms. The molecule has 1 N–H and O–H groups in total. The first-order valence-corrected chi connectivity index (χ1v) is 6.97. The maximum Gasteiger partial charge on any atom is 0.354 e. The number of hydrogen-bond acceptors (Lipinski definition) is 3. The summed E-state index contributed by atoms with van der Waals surface area (Å²) in [7, 11) is 0. The maximum atomic E-state index is 11.8. The van der Waals surface area contributed by atoms with Gasteiger partial charge in [0.2, 0.25) is 5.91 Å². The molecule has 0 saturated heterocycles. The van der Waals surface area contributed by atoms with Crippen LogP contribution in [-0.4, -0.2) is 18.0 Å². The molecule has 1 rings (SSSR count). The second kappa shape index (κ2) is 6.73. The van der Waals surface area contributed by atoms with Crippen LogP contribution in [0.5, 0.6) is 0 Å². The van der Waals surface area contributed by atoms with Gasteiger partial charge in [0.1, 0.15) is 11.8 Å². The molecule has 1 fully saturated rings. The first-order valence-electron chi connectivity index (χ1n) is 6.97. The molecule has 108 valence electrons. The predicted molar refractivity (Wildman–Crippen MR) is 74.2 cm³/mol. The molecule has 19 heavy (non-hydrogen) atoms. The summed E-state index contributed by atoms with van der Waals surface area (Å²) in [6, 6.07) is 0. The highest BCUT2D eigenvalue weighted by molar-refractivity contribution is 5.92. The third kappa shape index (κ3) is 5.05. The molecule has 0 aromatic rings. The van der Waals surface area contributed by atoms with Gasteiger partial charge in [0.15, 0.2) is 0 Å². The largest absolute Gasteiger partial charge is 0.458 e. The van der Waals surface area contributed by atoms with E-state index in [-0.39, 0.29) is 17.7 Å². The Kier molecular flexibility index (Phi) is 5.58. The quantitative estimate of drug-likeness (QED) is 0.629. The van der Waals surface area contributed by atoms with Crippen LogP contribution in [0, 0.1) is 17.8 Å². The average Bonchev–Trinajstić information content (AvgIpc) is 2.26. The van der Waals surface area contributed by atoms with Crippen LogP contribution in [0.25, 0.3) is 0 Å². The minimum Gasteiger partial charge on any atom is -0.458 e. The van der Waals surface area contributed by atoms with Crippen LogP contribution in [0.3, 0.4) is 0 Å². The summed E-state index contributed by atoms with van der Waals surface area (Å²) < 4.78 is 5.45. The van der Waals surface area contributed by atoms with E-state index in [9.17, 15) is 9.59 Å². The third-order valence-corrected chi connectivity index (χ3v) is 3.73. The molecule has 0 aliphatic heterocycles. The van der Waals surface area contributed by atoms with E-state index in [1.54, 1.807) is 0 Å². The van der Waals surface area contributed by atoms with Crippen LogP contribution in [0.1, 0.15) is 47.0 Å². The van der Waals surface area contributed by atoms with Crippen molar-refractivity contribution in [3.05, 3.63) is 12.3 Å². The van der Waals surface area contributed by atoms with E-state index in [1.807, 2.05) is 0 Å². The molecule has 0 aromatic heterocycles. The van der Waals surface area contributed by atoms with Gasteiger partial charge in [-0.15, -0.1) is 0 Å². The minimum atomic E-state index is -0.517. The average molecular weight is 267 g/mol. The molecule has 0 aromatic carbocycles. The van der Waals surface area contributed by atoms with Crippen molar-refractivity contribution in [2.75, 3.05) is 0 Å². The standard InChI is InChI=1S/C15H25NO3/c1-9(2)13-6-10(3)7-14(8-13)19-15(18)11(4)16-12(5)17/h9-10,13-14H,4,6-8H2,1-3,5H3,(H,16,17)/t10-,13-,14-/m0/s1. The molecule has 0 bridgehead atoms. The molecule has 0 heterocycles. The van der Waals surface area contributed by atoms with E-state index < -0.39 is 5.97 Å². The zero-order chi connectivity index (χ0) is 14.6. The number of carbonyl (C=O) groups is 2. The van der Waals surface area contributed by atoms with Crippen molar-refractivity contribution in [3.8, 4) is 0 Å². The normalized spacial score (nSPS) is 26.9.